The zero-order chi connectivity index (χ0) is 51.4. The van der Waals surface area contributed by atoms with Crippen LogP contribution in [-0.2, 0) is 28.6 Å². The SMILES string of the molecule is CC/C=C\C/C=C\C/C=C\C/C=C\CCCCCCCCCCCCCCCCC(=O)OCC(COC(=O)CCCCCCCCC)OC(=O)CCCCCCCC/C=C\C/C=C\C/C=C\CCCCC. The largest absolute Gasteiger partial charge is 0.462 e. The van der Waals surface area contributed by atoms with E-state index < -0.39 is 6.10 Å². The lowest BCUT2D eigenvalue weighted by Crippen LogP contribution is -2.30. The first-order valence-corrected chi connectivity index (χ1v) is 30.1. The number of esters is 3. The molecule has 0 aromatic carbocycles. The van der Waals surface area contributed by atoms with Gasteiger partial charge in [-0.3, -0.25) is 14.4 Å². The predicted molar refractivity (Wildman–Crippen MR) is 307 cm³/mol. The first-order valence-electron chi connectivity index (χ1n) is 30.1. The molecule has 408 valence electrons. The fraction of sp³-hybridized carbons (Fsp3) is 0.738. The van der Waals surface area contributed by atoms with E-state index in [1.807, 2.05) is 0 Å². The summed E-state index contributed by atoms with van der Waals surface area (Å²) in [6.45, 7) is 6.46. The van der Waals surface area contributed by atoms with Gasteiger partial charge in [0.05, 0.1) is 0 Å². The van der Waals surface area contributed by atoms with Gasteiger partial charge in [0, 0.05) is 19.3 Å². The molecule has 0 amide bonds. The molecular formula is C65H112O6. The molecule has 0 rings (SSSR count). The topological polar surface area (TPSA) is 78.9 Å². The molecule has 0 aromatic heterocycles. The average Bonchev–Trinajstić information content (AvgIpc) is 3.37. The third-order valence-electron chi connectivity index (χ3n) is 12.9. The second-order valence-corrected chi connectivity index (χ2v) is 19.9. The molecule has 0 saturated carbocycles. The highest BCUT2D eigenvalue weighted by Crippen LogP contribution is 2.16. The average molecular weight is 990 g/mol. The summed E-state index contributed by atoms with van der Waals surface area (Å²) in [5.74, 6) is -0.892. The molecule has 0 radical (unpaired) electrons. The minimum atomic E-state index is -0.780. The van der Waals surface area contributed by atoms with Crippen molar-refractivity contribution in [1.29, 1.82) is 0 Å². The number of hydrogen-bond donors (Lipinski definition) is 0. The Balaban J connectivity index is 4.15. The summed E-state index contributed by atoms with van der Waals surface area (Å²) in [5.41, 5.74) is 0. The molecule has 0 spiro atoms. The fourth-order valence-corrected chi connectivity index (χ4v) is 8.38. The van der Waals surface area contributed by atoms with Crippen molar-refractivity contribution in [2.75, 3.05) is 13.2 Å². The zero-order valence-corrected chi connectivity index (χ0v) is 46.7. The first kappa shape index (κ1) is 67.6. The van der Waals surface area contributed by atoms with Crippen molar-refractivity contribution < 1.29 is 28.6 Å². The van der Waals surface area contributed by atoms with E-state index in [1.54, 1.807) is 0 Å². The molecular weight excluding hydrogens is 877 g/mol. The van der Waals surface area contributed by atoms with Crippen molar-refractivity contribution in [3.8, 4) is 0 Å². The van der Waals surface area contributed by atoms with E-state index in [4.69, 9.17) is 14.2 Å². The van der Waals surface area contributed by atoms with E-state index >= 15 is 0 Å². The summed E-state index contributed by atoms with van der Waals surface area (Å²) in [7, 11) is 0. The van der Waals surface area contributed by atoms with Crippen LogP contribution in [0.25, 0.3) is 0 Å². The van der Waals surface area contributed by atoms with Gasteiger partial charge in [0.1, 0.15) is 13.2 Å². The molecule has 1 atom stereocenters. The second-order valence-electron chi connectivity index (χ2n) is 19.9. The Hall–Kier alpha value is -3.41. The fourth-order valence-electron chi connectivity index (χ4n) is 8.38. The van der Waals surface area contributed by atoms with Gasteiger partial charge >= 0.3 is 17.9 Å². The zero-order valence-electron chi connectivity index (χ0n) is 46.7. The van der Waals surface area contributed by atoms with Crippen LogP contribution < -0.4 is 0 Å². The molecule has 0 aromatic rings. The molecule has 0 saturated heterocycles. The number of carbonyl (C=O) groups is 3. The molecule has 0 aliphatic heterocycles. The minimum Gasteiger partial charge on any atom is -0.462 e. The lowest BCUT2D eigenvalue weighted by Gasteiger charge is -2.18. The number of unbranched alkanes of at least 4 members (excludes halogenated alkanes) is 29. The van der Waals surface area contributed by atoms with E-state index in [0.29, 0.717) is 19.3 Å². The maximum Gasteiger partial charge on any atom is 0.306 e. The van der Waals surface area contributed by atoms with E-state index in [1.165, 1.54) is 141 Å². The van der Waals surface area contributed by atoms with Crippen LogP contribution in [0.1, 0.15) is 290 Å². The smallest absolute Gasteiger partial charge is 0.306 e. The summed E-state index contributed by atoms with van der Waals surface area (Å²) in [4.78, 5) is 38.0. The number of carbonyl (C=O) groups excluding carboxylic acids is 3. The van der Waals surface area contributed by atoms with Crippen LogP contribution in [0.4, 0.5) is 0 Å². The van der Waals surface area contributed by atoms with E-state index in [-0.39, 0.29) is 31.1 Å². The maximum absolute atomic E-state index is 12.8. The Morgan fingerprint density at radius 1 is 0.296 bits per heavy atom. The van der Waals surface area contributed by atoms with Crippen LogP contribution in [-0.4, -0.2) is 37.2 Å². The highest BCUT2D eigenvalue weighted by Gasteiger charge is 2.19. The summed E-state index contributed by atoms with van der Waals surface area (Å²) >= 11 is 0. The van der Waals surface area contributed by atoms with Crippen LogP contribution in [0.5, 0.6) is 0 Å². The number of hydrogen-bond acceptors (Lipinski definition) is 6. The molecule has 1 unspecified atom stereocenters. The Morgan fingerprint density at radius 3 is 0.887 bits per heavy atom. The lowest BCUT2D eigenvalue weighted by atomic mass is 10.0. The van der Waals surface area contributed by atoms with Crippen molar-refractivity contribution in [3.63, 3.8) is 0 Å². The van der Waals surface area contributed by atoms with E-state index in [9.17, 15) is 14.4 Å². The molecule has 0 aliphatic rings. The van der Waals surface area contributed by atoms with Crippen LogP contribution in [0.3, 0.4) is 0 Å². The molecule has 0 N–H and O–H groups in total. The number of rotatable bonds is 54. The molecule has 0 heterocycles. The van der Waals surface area contributed by atoms with Crippen LogP contribution in [0.2, 0.25) is 0 Å². The van der Waals surface area contributed by atoms with Crippen molar-refractivity contribution in [3.05, 3.63) is 85.1 Å². The van der Waals surface area contributed by atoms with Crippen LogP contribution >= 0.6 is 0 Å². The molecule has 0 fully saturated rings. The summed E-state index contributed by atoms with van der Waals surface area (Å²) < 4.78 is 16.8. The summed E-state index contributed by atoms with van der Waals surface area (Å²) in [6, 6.07) is 0. The van der Waals surface area contributed by atoms with Gasteiger partial charge in [-0.05, 0) is 96.3 Å². The molecule has 0 aliphatic carbocycles. The van der Waals surface area contributed by atoms with Crippen LogP contribution in [0.15, 0.2) is 85.1 Å². The van der Waals surface area contributed by atoms with Gasteiger partial charge in [-0.1, -0.05) is 260 Å². The molecule has 6 nitrogen and oxygen atoms in total. The Bertz CT molecular complexity index is 1370. The van der Waals surface area contributed by atoms with Gasteiger partial charge in [0.15, 0.2) is 6.10 Å². The van der Waals surface area contributed by atoms with Crippen molar-refractivity contribution in [2.24, 2.45) is 0 Å². The van der Waals surface area contributed by atoms with Crippen molar-refractivity contribution in [1.82, 2.24) is 0 Å². The van der Waals surface area contributed by atoms with Gasteiger partial charge in [-0.25, -0.2) is 0 Å². The van der Waals surface area contributed by atoms with Crippen LogP contribution in [0, 0.1) is 0 Å². The quantitative estimate of drug-likeness (QED) is 0.0261. The standard InChI is InChI=1S/C65H112O6/c1-4-7-10-13-16-18-20-22-24-26-28-29-30-31-32-33-34-35-37-38-40-42-44-46-49-52-55-58-64(67)70-61-62(60-69-63(66)57-54-51-48-15-12-9-6-3)71-65(68)59-56-53-50-47-45-43-41-39-36-27-25-23-21-19-17-14-11-8-5-2/h7,10,16-19,22-25,28-29,36,39,62H,4-6,8-9,11-15,20-21,26-27,30-35,37-38,40-61H2,1-3H3/b10-7-,18-16-,19-17-,24-22-,25-23-,29-28-,39-36-. The monoisotopic (exact) mass is 989 g/mol. The van der Waals surface area contributed by atoms with Crippen molar-refractivity contribution in [2.45, 2.75) is 297 Å². The van der Waals surface area contributed by atoms with Gasteiger partial charge in [-0.2, -0.15) is 0 Å². The third-order valence-corrected chi connectivity index (χ3v) is 12.9. The summed E-state index contributed by atoms with van der Waals surface area (Å²) in [6.07, 6.45) is 77.5. The Morgan fingerprint density at radius 2 is 0.549 bits per heavy atom. The summed E-state index contributed by atoms with van der Waals surface area (Å²) in [5, 5.41) is 0. The number of ether oxygens (including phenoxy) is 3. The van der Waals surface area contributed by atoms with Gasteiger partial charge in [0.25, 0.3) is 0 Å². The number of allylic oxidation sites excluding steroid dienone is 14. The third kappa shape index (κ3) is 57.4. The van der Waals surface area contributed by atoms with E-state index in [2.05, 4.69) is 106 Å². The molecule has 71 heavy (non-hydrogen) atoms. The van der Waals surface area contributed by atoms with Crippen molar-refractivity contribution >= 4 is 17.9 Å². The second kappa shape index (κ2) is 59.2. The van der Waals surface area contributed by atoms with E-state index in [0.717, 1.165) is 109 Å². The molecule has 0 bridgehead atoms. The predicted octanol–water partition coefficient (Wildman–Crippen LogP) is 20.3. The first-order chi connectivity index (χ1) is 35.0. The molecule has 6 heteroatoms. The Kier molecular flexibility index (Phi) is 56.3. The maximum atomic E-state index is 12.8. The highest BCUT2D eigenvalue weighted by atomic mass is 16.6. The van der Waals surface area contributed by atoms with Gasteiger partial charge < -0.3 is 14.2 Å². The van der Waals surface area contributed by atoms with Gasteiger partial charge in [-0.15, -0.1) is 0 Å². The minimum absolute atomic E-state index is 0.0800. The highest BCUT2D eigenvalue weighted by molar-refractivity contribution is 5.71. The normalized spacial score (nSPS) is 12.7. The van der Waals surface area contributed by atoms with Gasteiger partial charge in [0.2, 0.25) is 0 Å². The Labute approximate surface area is 439 Å². The lowest BCUT2D eigenvalue weighted by molar-refractivity contribution is -0.167.